The number of unbranched alkanes of at least 4 members (excludes halogenated alkanes) is 8. The molecule has 0 spiro atoms. The lowest BCUT2D eigenvalue weighted by atomic mass is 9.71. The highest BCUT2D eigenvalue weighted by atomic mass is 79.9. The summed E-state index contributed by atoms with van der Waals surface area (Å²) in [5.41, 5.74) is 2.80. The number of rotatable bonds is 11. The second-order valence-corrected chi connectivity index (χ2v) is 11.0. The number of carbonyl (C=O) groups excluding carboxylic acids is 3. The van der Waals surface area contributed by atoms with E-state index in [-0.39, 0.29) is 22.7 Å². The first-order valence-electron chi connectivity index (χ1n) is 13.5. The molecule has 0 fully saturated rings. The van der Waals surface area contributed by atoms with Gasteiger partial charge in [-0.3, -0.25) is 14.4 Å². The lowest BCUT2D eigenvalue weighted by molar-refractivity contribution is -0.132. The Morgan fingerprint density at radius 3 is 2.17 bits per heavy atom. The first-order valence-corrected chi connectivity index (χ1v) is 14.3. The van der Waals surface area contributed by atoms with Crippen LogP contribution < -0.4 is 5.32 Å². The van der Waals surface area contributed by atoms with Gasteiger partial charge in [0.15, 0.2) is 5.78 Å². The number of ketones is 3. The average Bonchev–Trinajstić information content (AvgIpc) is 2.88. The standard InChI is InChI=1S/C30H36BrNO4/c1-2-3-4-5-6-7-8-9-10-12-21-28(34)27-26(30(36)29(21)35)24(19-15-17-20(31)18-16-19)25-22(32-27)13-11-14-23(25)33/h15-18,24,32,34H,2-14H2,1H3. The molecule has 3 aliphatic rings. The van der Waals surface area contributed by atoms with E-state index in [2.05, 4.69) is 28.2 Å². The predicted molar refractivity (Wildman–Crippen MR) is 144 cm³/mol. The van der Waals surface area contributed by atoms with E-state index in [4.69, 9.17) is 0 Å². The number of dihydropyridines is 1. The number of carbonyl (C=O) groups is 3. The molecule has 0 saturated carbocycles. The van der Waals surface area contributed by atoms with Gasteiger partial charge in [0.05, 0.1) is 5.70 Å². The molecule has 6 heteroatoms. The van der Waals surface area contributed by atoms with Crippen molar-refractivity contribution in [3.05, 3.63) is 68.2 Å². The third-order valence-corrected chi connectivity index (χ3v) is 8.09. The molecule has 4 rings (SSSR count). The van der Waals surface area contributed by atoms with E-state index in [0.717, 1.165) is 41.4 Å². The van der Waals surface area contributed by atoms with Crippen molar-refractivity contribution in [1.82, 2.24) is 5.32 Å². The molecule has 1 atom stereocenters. The summed E-state index contributed by atoms with van der Waals surface area (Å²) in [6.07, 6.45) is 12.6. The molecular formula is C30H36BrNO4. The topological polar surface area (TPSA) is 83.5 Å². The van der Waals surface area contributed by atoms with Crippen molar-refractivity contribution in [2.45, 2.75) is 96.3 Å². The van der Waals surface area contributed by atoms with Crippen LogP contribution in [-0.2, 0) is 14.4 Å². The van der Waals surface area contributed by atoms with Crippen LogP contribution in [0, 0.1) is 0 Å². The number of aliphatic hydroxyl groups excluding tert-OH is 1. The molecule has 0 aromatic heterocycles. The van der Waals surface area contributed by atoms with Crippen LogP contribution in [0.2, 0.25) is 0 Å². The van der Waals surface area contributed by atoms with Gasteiger partial charge in [0.1, 0.15) is 5.76 Å². The highest BCUT2D eigenvalue weighted by molar-refractivity contribution is 9.10. The van der Waals surface area contributed by atoms with Crippen LogP contribution >= 0.6 is 15.9 Å². The van der Waals surface area contributed by atoms with Crippen molar-refractivity contribution in [2.24, 2.45) is 0 Å². The van der Waals surface area contributed by atoms with Crippen LogP contribution in [0.3, 0.4) is 0 Å². The Morgan fingerprint density at radius 1 is 0.861 bits per heavy atom. The summed E-state index contributed by atoms with van der Waals surface area (Å²) in [5.74, 6) is -2.03. The highest BCUT2D eigenvalue weighted by Gasteiger charge is 2.45. The molecule has 1 aromatic rings. The summed E-state index contributed by atoms with van der Waals surface area (Å²) in [5, 5.41) is 14.4. The fourth-order valence-electron chi connectivity index (χ4n) is 5.62. The van der Waals surface area contributed by atoms with Crippen LogP contribution in [0.4, 0.5) is 0 Å². The van der Waals surface area contributed by atoms with Crippen LogP contribution in [-0.4, -0.2) is 22.5 Å². The van der Waals surface area contributed by atoms with E-state index in [1.807, 2.05) is 24.3 Å². The third kappa shape index (κ3) is 5.59. The Balaban J connectivity index is 1.55. The Hall–Kier alpha value is -2.47. The molecule has 1 unspecified atom stereocenters. The van der Waals surface area contributed by atoms with Crippen LogP contribution in [0.1, 0.15) is 102 Å². The van der Waals surface area contributed by atoms with E-state index < -0.39 is 17.5 Å². The second-order valence-electron chi connectivity index (χ2n) is 10.1. The summed E-state index contributed by atoms with van der Waals surface area (Å²) in [6, 6.07) is 7.47. The molecule has 2 N–H and O–H groups in total. The van der Waals surface area contributed by atoms with Gasteiger partial charge in [-0.25, -0.2) is 0 Å². The number of nitrogens with one attached hydrogen (secondary N) is 1. The number of aliphatic hydroxyl groups is 1. The smallest absolute Gasteiger partial charge is 0.233 e. The van der Waals surface area contributed by atoms with Gasteiger partial charge in [-0.15, -0.1) is 0 Å². The van der Waals surface area contributed by atoms with Crippen molar-refractivity contribution >= 4 is 33.3 Å². The van der Waals surface area contributed by atoms with Gasteiger partial charge in [0, 0.05) is 39.2 Å². The van der Waals surface area contributed by atoms with Crippen molar-refractivity contribution in [1.29, 1.82) is 0 Å². The SMILES string of the molecule is CCCCCCCCCCCC1=C(O)C2=C(C(=O)C1=O)C(c1ccc(Br)cc1)C1=C(CCCC1=O)N2. The van der Waals surface area contributed by atoms with Gasteiger partial charge in [-0.2, -0.15) is 0 Å². The maximum absolute atomic E-state index is 13.5. The maximum Gasteiger partial charge on any atom is 0.233 e. The van der Waals surface area contributed by atoms with Gasteiger partial charge in [-0.05, 0) is 43.4 Å². The van der Waals surface area contributed by atoms with Gasteiger partial charge < -0.3 is 10.4 Å². The summed E-state index contributed by atoms with van der Waals surface area (Å²) >= 11 is 3.44. The second kappa shape index (κ2) is 12.2. The fraction of sp³-hybridized carbons (Fsp3) is 0.500. The molecule has 1 heterocycles. The van der Waals surface area contributed by atoms with E-state index in [0.29, 0.717) is 30.5 Å². The minimum atomic E-state index is -0.648. The Morgan fingerprint density at radius 2 is 1.50 bits per heavy atom. The van der Waals surface area contributed by atoms with Crippen LogP contribution in [0.15, 0.2) is 62.6 Å². The minimum absolute atomic E-state index is 0.00701. The molecule has 5 nitrogen and oxygen atoms in total. The van der Waals surface area contributed by atoms with Gasteiger partial charge >= 0.3 is 0 Å². The first-order chi connectivity index (χ1) is 17.4. The van der Waals surface area contributed by atoms with E-state index >= 15 is 0 Å². The van der Waals surface area contributed by atoms with Gasteiger partial charge in [-0.1, -0.05) is 86.4 Å². The molecule has 0 amide bonds. The average molecular weight is 555 g/mol. The first kappa shape index (κ1) is 26.6. The van der Waals surface area contributed by atoms with E-state index in [9.17, 15) is 19.5 Å². The number of hydrogen-bond acceptors (Lipinski definition) is 5. The van der Waals surface area contributed by atoms with Crippen LogP contribution in [0.5, 0.6) is 0 Å². The molecule has 36 heavy (non-hydrogen) atoms. The number of hydrogen-bond donors (Lipinski definition) is 2. The zero-order chi connectivity index (χ0) is 25.7. The normalized spacial score (nSPS) is 20.1. The van der Waals surface area contributed by atoms with Gasteiger partial charge in [0.2, 0.25) is 11.6 Å². The summed E-state index contributed by atoms with van der Waals surface area (Å²) in [4.78, 5) is 39.7. The Bertz CT molecular complexity index is 1130. The summed E-state index contributed by atoms with van der Waals surface area (Å²) in [7, 11) is 0. The highest BCUT2D eigenvalue weighted by Crippen LogP contribution is 2.46. The molecule has 0 bridgehead atoms. The fourth-order valence-corrected chi connectivity index (χ4v) is 5.88. The number of benzene rings is 1. The van der Waals surface area contributed by atoms with Crippen molar-refractivity contribution in [3.63, 3.8) is 0 Å². The zero-order valence-electron chi connectivity index (χ0n) is 21.1. The number of halogens is 1. The molecule has 1 aromatic carbocycles. The van der Waals surface area contributed by atoms with Gasteiger partial charge in [0.25, 0.3) is 0 Å². The Kier molecular flexibility index (Phi) is 9.00. The molecular weight excluding hydrogens is 518 g/mol. The largest absolute Gasteiger partial charge is 0.505 e. The molecule has 0 radical (unpaired) electrons. The molecule has 1 aliphatic heterocycles. The molecule has 192 valence electrons. The lowest BCUT2D eigenvalue weighted by Crippen LogP contribution is -2.40. The molecule has 0 saturated heterocycles. The zero-order valence-corrected chi connectivity index (χ0v) is 22.7. The lowest BCUT2D eigenvalue weighted by Gasteiger charge is -2.36. The third-order valence-electron chi connectivity index (χ3n) is 7.56. The Labute approximate surface area is 222 Å². The quantitative estimate of drug-likeness (QED) is 0.171. The monoisotopic (exact) mass is 553 g/mol. The minimum Gasteiger partial charge on any atom is -0.505 e. The van der Waals surface area contributed by atoms with Crippen LogP contribution in [0.25, 0.3) is 0 Å². The number of Topliss-reactive ketones (excluding diaryl/α,β-unsaturated/α-hetero) is 3. The van der Waals surface area contributed by atoms with E-state index in [1.165, 1.54) is 38.5 Å². The summed E-state index contributed by atoms with van der Waals surface area (Å²) < 4.78 is 0.885. The number of allylic oxidation sites excluding steroid dienone is 4. The van der Waals surface area contributed by atoms with Crippen molar-refractivity contribution in [3.8, 4) is 0 Å². The maximum atomic E-state index is 13.5. The van der Waals surface area contributed by atoms with Crippen molar-refractivity contribution < 1.29 is 19.5 Å². The molecule has 2 aliphatic carbocycles. The summed E-state index contributed by atoms with van der Waals surface area (Å²) in [6.45, 7) is 2.22. The van der Waals surface area contributed by atoms with E-state index in [1.54, 1.807) is 0 Å². The predicted octanol–water partition coefficient (Wildman–Crippen LogP) is 7.28. The van der Waals surface area contributed by atoms with Crippen molar-refractivity contribution in [2.75, 3.05) is 0 Å².